The highest BCUT2D eigenvalue weighted by atomic mass is 79.9. The summed E-state index contributed by atoms with van der Waals surface area (Å²) in [5, 5.41) is 21.7. The summed E-state index contributed by atoms with van der Waals surface area (Å²) in [6, 6.07) is 9.98. The molecule has 0 amide bonds. The largest absolute Gasteiger partial charge is 0.386 e. The van der Waals surface area contributed by atoms with Crippen molar-refractivity contribution >= 4 is 21.6 Å². The lowest BCUT2D eigenvalue weighted by Gasteiger charge is -2.15. The second-order valence-corrected chi connectivity index (χ2v) is 5.22. The van der Waals surface area contributed by atoms with Crippen molar-refractivity contribution < 1.29 is 13.9 Å². The summed E-state index contributed by atoms with van der Waals surface area (Å²) in [5.41, 5.74) is 1.18. The molecule has 0 aliphatic rings. The van der Waals surface area contributed by atoms with E-state index in [2.05, 4.69) is 21.2 Å². The predicted octanol–water partition coefficient (Wildman–Crippen LogP) is 3.74. The van der Waals surface area contributed by atoms with Crippen LogP contribution in [0.4, 0.5) is 14.5 Å². The van der Waals surface area contributed by atoms with Crippen LogP contribution in [0.2, 0.25) is 0 Å². The van der Waals surface area contributed by atoms with Crippen molar-refractivity contribution in [3.05, 3.63) is 63.6 Å². The molecule has 0 spiro atoms. The molecule has 1 unspecified atom stereocenters. The van der Waals surface area contributed by atoms with Crippen molar-refractivity contribution in [1.29, 1.82) is 5.26 Å². The Morgan fingerprint density at radius 2 is 2.00 bits per heavy atom. The van der Waals surface area contributed by atoms with Crippen LogP contribution in [0.25, 0.3) is 0 Å². The highest BCUT2D eigenvalue weighted by Gasteiger charge is 2.14. The van der Waals surface area contributed by atoms with E-state index < -0.39 is 17.7 Å². The second kappa shape index (κ2) is 6.66. The number of aliphatic hydroxyl groups is 1. The fourth-order valence-electron chi connectivity index (χ4n) is 1.82. The Hall–Kier alpha value is -1.97. The van der Waals surface area contributed by atoms with Crippen LogP contribution in [0.1, 0.15) is 17.2 Å². The van der Waals surface area contributed by atoms with Gasteiger partial charge in [0.05, 0.1) is 17.7 Å². The Bertz CT molecular complexity index is 701. The molecule has 0 fully saturated rings. The second-order valence-electron chi connectivity index (χ2n) is 4.37. The Labute approximate surface area is 129 Å². The van der Waals surface area contributed by atoms with Gasteiger partial charge in [-0.05, 0) is 40.2 Å². The van der Waals surface area contributed by atoms with Gasteiger partial charge >= 0.3 is 0 Å². The van der Waals surface area contributed by atoms with E-state index in [-0.39, 0.29) is 12.1 Å². The van der Waals surface area contributed by atoms with Gasteiger partial charge < -0.3 is 10.4 Å². The first-order valence-corrected chi connectivity index (χ1v) is 6.87. The Balaban J connectivity index is 2.07. The average molecular weight is 353 g/mol. The van der Waals surface area contributed by atoms with Crippen molar-refractivity contribution in [2.75, 3.05) is 11.9 Å². The molecule has 1 atom stereocenters. The lowest BCUT2D eigenvalue weighted by molar-refractivity contribution is 0.186. The summed E-state index contributed by atoms with van der Waals surface area (Å²) in [5.74, 6) is -1.48. The number of rotatable bonds is 4. The molecule has 0 saturated heterocycles. The zero-order valence-electron chi connectivity index (χ0n) is 10.8. The molecule has 2 aromatic rings. The molecule has 0 aliphatic carbocycles. The van der Waals surface area contributed by atoms with Crippen LogP contribution < -0.4 is 5.32 Å². The van der Waals surface area contributed by atoms with E-state index in [0.717, 1.165) is 12.1 Å². The maximum absolute atomic E-state index is 13.5. The van der Waals surface area contributed by atoms with Gasteiger partial charge in [0, 0.05) is 28.3 Å². The number of nitrogens with one attached hydrogen (secondary N) is 1. The average Bonchev–Trinajstić information content (AvgIpc) is 2.45. The van der Waals surface area contributed by atoms with Gasteiger partial charge in [0.15, 0.2) is 0 Å². The number of hydrogen-bond acceptors (Lipinski definition) is 3. The maximum atomic E-state index is 13.5. The first kappa shape index (κ1) is 15.4. The molecule has 2 N–H and O–H groups in total. The fraction of sp³-hybridized carbons (Fsp3) is 0.133. The van der Waals surface area contributed by atoms with E-state index >= 15 is 0 Å². The zero-order chi connectivity index (χ0) is 15.4. The lowest BCUT2D eigenvalue weighted by atomic mass is 10.1. The SMILES string of the molecule is N#Cc1ccc(NCC(O)c2ccc(F)cc2F)c(Br)c1. The molecule has 108 valence electrons. The summed E-state index contributed by atoms with van der Waals surface area (Å²) in [7, 11) is 0. The minimum atomic E-state index is -1.12. The lowest BCUT2D eigenvalue weighted by Crippen LogP contribution is -2.14. The number of aliphatic hydroxyl groups excluding tert-OH is 1. The van der Waals surface area contributed by atoms with Gasteiger partial charge in [-0.25, -0.2) is 8.78 Å². The molecule has 0 radical (unpaired) electrons. The molecule has 2 rings (SSSR count). The van der Waals surface area contributed by atoms with Crippen LogP contribution in [0.3, 0.4) is 0 Å². The van der Waals surface area contributed by atoms with E-state index in [1.165, 1.54) is 6.07 Å². The van der Waals surface area contributed by atoms with Crippen molar-refractivity contribution in [2.24, 2.45) is 0 Å². The minimum absolute atomic E-state index is 0.0219. The number of halogens is 3. The number of benzene rings is 2. The summed E-state index contributed by atoms with van der Waals surface area (Å²) in [4.78, 5) is 0. The molecule has 0 saturated carbocycles. The molecule has 0 aliphatic heterocycles. The molecule has 3 nitrogen and oxygen atoms in total. The van der Waals surface area contributed by atoms with Gasteiger partial charge in [-0.3, -0.25) is 0 Å². The van der Waals surface area contributed by atoms with Gasteiger partial charge in [0.25, 0.3) is 0 Å². The standard InChI is InChI=1S/C15H11BrF2N2O/c16-12-5-9(7-19)1-4-14(12)20-8-15(21)11-3-2-10(17)6-13(11)18/h1-6,15,20-21H,8H2. The van der Waals surface area contributed by atoms with Crippen LogP contribution in [0.5, 0.6) is 0 Å². The van der Waals surface area contributed by atoms with Gasteiger partial charge in [-0.1, -0.05) is 6.07 Å². The van der Waals surface area contributed by atoms with Crippen molar-refractivity contribution in [2.45, 2.75) is 6.10 Å². The van der Waals surface area contributed by atoms with E-state index in [0.29, 0.717) is 15.7 Å². The third-order valence-electron chi connectivity index (χ3n) is 2.91. The predicted molar refractivity (Wildman–Crippen MR) is 78.7 cm³/mol. The Kier molecular flexibility index (Phi) is 4.89. The number of nitriles is 1. The van der Waals surface area contributed by atoms with E-state index in [9.17, 15) is 13.9 Å². The monoisotopic (exact) mass is 352 g/mol. The molecule has 0 aromatic heterocycles. The highest BCUT2D eigenvalue weighted by Crippen LogP contribution is 2.25. The number of nitrogens with zero attached hydrogens (tertiary/aromatic N) is 1. The van der Waals surface area contributed by atoms with E-state index in [4.69, 9.17) is 5.26 Å². The Morgan fingerprint density at radius 3 is 2.62 bits per heavy atom. The van der Waals surface area contributed by atoms with Crippen LogP contribution in [0.15, 0.2) is 40.9 Å². The fourth-order valence-corrected chi connectivity index (χ4v) is 2.34. The molecule has 2 aromatic carbocycles. The Morgan fingerprint density at radius 1 is 1.24 bits per heavy atom. The third kappa shape index (κ3) is 3.78. The first-order chi connectivity index (χ1) is 10.0. The molecule has 0 bridgehead atoms. The van der Waals surface area contributed by atoms with Crippen molar-refractivity contribution in [1.82, 2.24) is 0 Å². The third-order valence-corrected chi connectivity index (χ3v) is 3.56. The van der Waals surface area contributed by atoms with Crippen LogP contribution >= 0.6 is 15.9 Å². The molecule has 21 heavy (non-hydrogen) atoms. The smallest absolute Gasteiger partial charge is 0.131 e. The molecular formula is C15H11BrF2N2O. The van der Waals surface area contributed by atoms with Gasteiger partial charge in [-0.2, -0.15) is 5.26 Å². The topological polar surface area (TPSA) is 56.0 Å². The van der Waals surface area contributed by atoms with E-state index in [1.54, 1.807) is 18.2 Å². The number of anilines is 1. The van der Waals surface area contributed by atoms with Gasteiger partial charge in [-0.15, -0.1) is 0 Å². The number of hydrogen-bond donors (Lipinski definition) is 2. The highest BCUT2D eigenvalue weighted by molar-refractivity contribution is 9.10. The molecule has 0 heterocycles. The van der Waals surface area contributed by atoms with Crippen molar-refractivity contribution in [3.63, 3.8) is 0 Å². The molecule has 6 heteroatoms. The van der Waals surface area contributed by atoms with Crippen LogP contribution in [0, 0.1) is 23.0 Å². The van der Waals surface area contributed by atoms with Gasteiger partial charge in [0.2, 0.25) is 0 Å². The van der Waals surface area contributed by atoms with Gasteiger partial charge in [0.1, 0.15) is 11.6 Å². The minimum Gasteiger partial charge on any atom is -0.386 e. The summed E-state index contributed by atoms with van der Waals surface area (Å²) < 4.78 is 27.0. The molecular weight excluding hydrogens is 342 g/mol. The maximum Gasteiger partial charge on any atom is 0.131 e. The summed E-state index contributed by atoms with van der Waals surface area (Å²) in [6.07, 6.45) is -1.12. The summed E-state index contributed by atoms with van der Waals surface area (Å²) >= 11 is 3.30. The zero-order valence-corrected chi connectivity index (χ0v) is 12.4. The summed E-state index contributed by atoms with van der Waals surface area (Å²) in [6.45, 7) is 0.0487. The normalized spacial score (nSPS) is 11.8. The van der Waals surface area contributed by atoms with E-state index in [1.807, 2.05) is 6.07 Å². The van der Waals surface area contributed by atoms with Crippen LogP contribution in [-0.4, -0.2) is 11.7 Å². The van der Waals surface area contributed by atoms with Crippen molar-refractivity contribution in [3.8, 4) is 6.07 Å². The van der Waals surface area contributed by atoms with Crippen LogP contribution in [-0.2, 0) is 0 Å². The first-order valence-electron chi connectivity index (χ1n) is 6.08. The quantitative estimate of drug-likeness (QED) is 0.880.